The van der Waals surface area contributed by atoms with E-state index in [1.165, 1.54) is 0 Å². The molecular formula is C9H21N2OPS2. The summed E-state index contributed by atoms with van der Waals surface area (Å²) < 4.78 is 5.60. The Morgan fingerprint density at radius 2 is 2.13 bits per heavy atom. The largest absolute Gasteiger partial charge is 0.327 e. The maximum absolute atomic E-state index is 5.60. The first-order chi connectivity index (χ1) is 7.18. The molecule has 0 aliphatic carbocycles. The van der Waals surface area contributed by atoms with Gasteiger partial charge in [0.25, 0.3) is 0 Å². The van der Waals surface area contributed by atoms with E-state index in [-0.39, 0.29) is 0 Å². The maximum Gasteiger partial charge on any atom is 0.211 e. The minimum absolute atomic E-state index is 0.655. The Balaban J connectivity index is 4.06. The second-order valence-electron chi connectivity index (χ2n) is 2.91. The highest BCUT2D eigenvalue weighted by atomic mass is 32.9. The summed E-state index contributed by atoms with van der Waals surface area (Å²) in [6, 6.07) is 0. The van der Waals surface area contributed by atoms with Crippen LogP contribution < -0.4 is 5.09 Å². The van der Waals surface area contributed by atoms with Crippen molar-refractivity contribution in [2.24, 2.45) is 4.99 Å². The van der Waals surface area contributed by atoms with E-state index in [4.69, 9.17) is 16.3 Å². The van der Waals surface area contributed by atoms with Gasteiger partial charge in [-0.25, -0.2) is 0 Å². The summed E-state index contributed by atoms with van der Waals surface area (Å²) in [5.74, 6) is 1.03. The van der Waals surface area contributed by atoms with Crippen molar-refractivity contribution >= 4 is 35.1 Å². The van der Waals surface area contributed by atoms with Crippen molar-refractivity contribution < 1.29 is 4.52 Å². The van der Waals surface area contributed by atoms with E-state index in [2.05, 4.69) is 23.9 Å². The van der Waals surface area contributed by atoms with E-state index in [1.807, 2.05) is 6.92 Å². The average molecular weight is 268 g/mol. The topological polar surface area (TPSA) is 33.6 Å². The average Bonchev–Trinajstić information content (AvgIpc) is 2.22. The van der Waals surface area contributed by atoms with Gasteiger partial charge in [0.05, 0.1) is 12.9 Å². The zero-order valence-corrected chi connectivity index (χ0v) is 12.3. The number of aliphatic imine (C=N–C) groups is 1. The highest BCUT2D eigenvalue weighted by molar-refractivity contribution is 8.68. The third-order valence-electron chi connectivity index (χ3n) is 1.42. The fourth-order valence-corrected chi connectivity index (χ4v) is 5.31. The van der Waals surface area contributed by atoms with Crippen LogP contribution in [-0.4, -0.2) is 25.2 Å². The van der Waals surface area contributed by atoms with Crippen molar-refractivity contribution in [2.45, 2.75) is 33.6 Å². The van der Waals surface area contributed by atoms with Crippen LogP contribution in [0.2, 0.25) is 0 Å². The molecule has 0 amide bonds. The van der Waals surface area contributed by atoms with Gasteiger partial charge in [0, 0.05) is 12.3 Å². The normalized spacial score (nSPS) is 15.4. The molecule has 6 heteroatoms. The van der Waals surface area contributed by atoms with E-state index in [0.29, 0.717) is 6.61 Å². The first kappa shape index (κ1) is 15.4. The Morgan fingerprint density at radius 3 is 2.67 bits per heavy atom. The molecule has 15 heavy (non-hydrogen) atoms. The molecule has 90 valence electrons. The molecule has 0 fully saturated rings. The summed E-state index contributed by atoms with van der Waals surface area (Å²) in [5, 5.41) is 3.14. The molecular weight excluding hydrogens is 247 g/mol. The number of nitrogens with zero attached hydrogens (tertiary/aromatic N) is 1. The Hall–Kier alpha value is 0.430. The summed E-state index contributed by atoms with van der Waals surface area (Å²) in [5.41, 5.74) is -1.93. The van der Waals surface area contributed by atoms with E-state index in [1.54, 1.807) is 17.7 Å². The summed E-state index contributed by atoms with van der Waals surface area (Å²) in [4.78, 5) is 4.20. The van der Waals surface area contributed by atoms with E-state index in [0.717, 1.165) is 25.1 Å². The van der Waals surface area contributed by atoms with Crippen molar-refractivity contribution in [3.8, 4) is 0 Å². The Bertz CT molecular complexity index is 224. The second-order valence-corrected chi connectivity index (χ2v) is 9.64. The first-order valence-corrected chi connectivity index (χ1v) is 9.64. The highest BCUT2D eigenvalue weighted by Gasteiger charge is 2.15. The molecule has 0 aliphatic heterocycles. The van der Waals surface area contributed by atoms with Gasteiger partial charge in [-0.1, -0.05) is 25.2 Å². The SMILES string of the molecule is CCC/N=C/NP(=S)(OCC)SCCC. The van der Waals surface area contributed by atoms with Gasteiger partial charge in [-0.15, -0.1) is 0 Å². The lowest BCUT2D eigenvalue weighted by atomic mass is 10.5. The zero-order chi connectivity index (χ0) is 11.6. The van der Waals surface area contributed by atoms with Crippen molar-refractivity contribution in [3.05, 3.63) is 0 Å². The quantitative estimate of drug-likeness (QED) is 0.395. The van der Waals surface area contributed by atoms with Crippen molar-refractivity contribution in [1.82, 2.24) is 5.09 Å². The molecule has 0 spiro atoms. The van der Waals surface area contributed by atoms with E-state index >= 15 is 0 Å². The van der Waals surface area contributed by atoms with Crippen LogP contribution in [0.15, 0.2) is 4.99 Å². The number of hydrogen-bond acceptors (Lipinski definition) is 4. The zero-order valence-electron chi connectivity index (χ0n) is 9.73. The molecule has 1 atom stereocenters. The van der Waals surface area contributed by atoms with Gasteiger partial charge in [-0.05, 0) is 31.6 Å². The number of hydrogen-bond donors (Lipinski definition) is 1. The summed E-state index contributed by atoms with van der Waals surface area (Å²) in [6.45, 7) is 7.71. The first-order valence-electron chi connectivity index (χ1n) is 5.33. The Kier molecular flexibility index (Phi) is 9.92. The predicted molar refractivity (Wildman–Crippen MR) is 75.4 cm³/mol. The summed E-state index contributed by atoms with van der Waals surface area (Å²) in [7, 11) is 0. The lowest BCUT2D eigenvalue weighted by Crippen LogP contribution is -2.08. The molecule has 0 aromatic rings. The monoisotopic (exact) mass is 268 g/mol. The molecule has 0 aliphatic rings. The van der Waals surface area contributed by atoms with Crippen LogP contribution in [0, 0.1) is 0 Å². The van der Waals surface area contributed by atoms with Crippen molar-refractivity contribution in [1.29, 1.82) is 0 Å². The third-order valence-corrected chi connectivity index (χ3v) is 7.17. The number of rotatable bonds is 9. The van der Waals surface area contributed by atoms with Gasteiger partial charge < -0.3 is 9.61 Å². The second kappa shape index (κ2) is 9.64. The van der Waals surface area contributed by atoms with Gasteiger partial charge in [0.2, 0.25) is 5.62 Å². The molecule has 1 unspecified atom stereocenters. The van der Waals surface area contributed by atoms with Crippen LogP contribution in [0.5, 0.6) is 0 Å². The molecule has 0 rings (SSSR count). The Morgan fingerprint density at radius 1 is 1.40 bits per heavy atom. The fourth-order valence-electron chi connectivity index (χ4n) is 0.798. The Labute approximate surface area is 102 Å². The molecule has 0 aromatic carbocycles. The van der Waals surface area contributed by atoms with Gasteiger partial charge >= 0.3 is 0 Å². The van der Waals surface area contributed by atoms with Crippen LogP contribution in [-0.2, 0) is 16.3 Å². The van der Waals surface area contributed by atoms with Crippen LogP contribution in [0.25, 0.3) is 0 Å². The van der Waals surface area contributed by atoms with Crippen LogP contribution in [0.1, 0.15) is 33.6 Å². The lowest BCUT2D eigenvalue weighted by molar-refractivity contribution is 0.383. The lowest BCUT2D eigenvalue weighted by Gasteiger charge is -2.19. The van der Waals surface area contributed by atoms with Crippen molar-refractivity contribution in [3.63, 3.8) is 0 Å². The predicted octanol–water partition coefficient (Wildman–Crippen LogP) is 3.42. The standard InChI is InChI=1S/C9H21N2OPS2/c1-4-7-10-9-11-13(14,12-6-3)15-8-5-2/h9H,4-8H2,1-3H3,(H,10,11,14). The molecule has 0 heterocycles. The van der Waals surface area contributed by atoms with Crippen molar-refractivity contribution in [2.75, 3.05) is 18.9 Å². The van der Waals surface area contributed by atoms with Gasteiger partial charge in [-0.3, -0.25) is 4.99 Å². The smallest absolute Gasteiger partial charge is 0.211 e. The van der Waals surface area contributed by atoms with Gasteiger partial charge in [0.15, 0.2) is 0 Å². The van der Waals surface area contributed by atoms with Crippen LogP contribution >= 0.6 is 17.0 Å². The van der Waals surface area contributed by atoms with E-state index < -0.39 is 5.62 Å². The molecule has 0 radical (unpaired) electrons. The molecule has 1 N–H and O–H groups in total. The van der Waals surface area contributed by atoms with Crippen LogP contribution in [0.3, 0.4) is 0 Å². The summed E-state index contributed by atoms with van der Waals surface area (Å²) in [6.07, 6.45) is 3.88. The van der Waals surface area contributed by atoms with Gasteiger partial charge in [0.1, 0.15) is 0 Å². The molecule has 0 bridgehead atoms. The minimum Gasteiger partial charge on any atom is -0.327 e. The molecule has 0 aromatic heterocycles. The van der Waals surface area contributed by atoms with E-state index in [9.17, 15) is 0 Å². The highest BCUT2D eigenvalue weighted by Crippen LogP contribution is 2.55. The van der Waals surface area contributed by atoms with Crippen LogP contribution in [0.4, 0.5) is 0 Å². The maximum atomic E-state index is 5.60. The summed E-state index contributed by atoms with van der Waals surface area (Å²) >= 11 is 7.17. The molecule has 0 saturated carbocycles. The van der Waals surface area contributed by atoms with Gasteiger partial charge in [-0.2, -0.15) is 0 Å². The fraction of sp³-hybridized carbons (Fsp3) is 0.889. The number of nitrogens with one attached hydrogen (secondary N) is 1. The minimum atomic E-state index is -1.93. The third kappa shape index (κ3) is 8.26. The molecule has 3 nitrogen and oxygen atoms in total. The molecule has 0 saturated heterocycles.